The first-order chi connectivity index (χ1) is 13.3. The summed E-state index contributed by atoms with van der Waals surface area (Å²) in [7, 11) is 1.98. The molecule has 0 spiro atoms. The minimum absolute atomic E-state index is 0. The van der Waals surface area contributed by atoms with Crippen molar-refractivity contribution in [3.05, 3.63) is 35.6 Å². The lowest BCUT2D eigenvalue weighted by Gasteiger charge is -2.21. The topological polar surface area (TPSA) is 45.5 Å². The Morgan fingerprint density at radius 1 is 1.21 bits per heavy atom. The zero-order valence-electron chi connectivity index (χ0n) is 16.6. The highest BCUT2D eigenvalue weighted by Gasteiger charge is 2.31. The van der Waals surface area contributed by atoms with Gasteiger partial charge in [0.15, 0.2) is 5.76 Å². The third kappa shape index (κ3) is 4.69. The van der Waals surface area contributed by atoms with Gasteiger partial charge in [0.2, 0.25) is 0 Å². The highest BCUT2D eigenvalue weighted by Crippen LogP contribution is 2.35. The van der Waals surface area contributed by atoms with Crippen LogP contribution >= 0.6 is 24.2 Å². The summed E-state index contributed by atoms with van der Waals surface area (Å²) >= 11 is 2.01. The molecule has 1 N–H and O–H groups in total. The van der Waals surface area contributed by atoms with Crippen LogP contribution in [0.5, 0.6) is 0 Å². The van der Waals surface area contributed by atoms with Gasteiger partial charge < -0.3 is 14.6 Å². The molecule has 1 unspecified atom stereocenters. The van der Waals surface area contributed by atoms with Crippen molar-refractivity contribution in [1.82, 2.24) is 10.2 Å². The van der Waals surface area contributed by atoms with Gasteiger partial charge >= 0.3 is 0 Å². The maximum absolute atomic E-state index is 13.2. The molecule has 28 heavy (non-hydrogen) atoms. The molecule has 6 heteroatoms. The number of hydrogen-bond donors (Lipinski definition) is 1. The molecule has 154 valence electrons. The molecule has 1 atom stereocenters. The molecule has 1 saturated heterocycles. The smallest absolute Gasteiger partial charge is 0.289 e. The lowest BCUT2D eigenvalue weighted by atomic mass is 10.0. The zero-order valence-corrected chi connectivity index (χ0v) is 18.2. The van der Waals surface area contributed by atoms with Crippen molar-refractivity contribution in [3.63, 3.8) is 0 Å². The fourth-order valence-corrected chi connectivity index (χ4v) is 5.82. The standard InChI is InChI=1S/C22H30N2O2S.ClH/c1-23-13-16-11-12-24(14-16)22(25)21-19(15-27-17-7-3-2-4-8-17)18-9-5-6-10-20(18)26-21;/h5-6,9-10,16-17,23H,2-4,7-8,11-15H2,1H3;1H. The van der Waals surface area contributed by atoms with Gasteiger partial charge in [0, 0.05) is 35.0 Å². The summed E-state index contributed by atoms with van der Waals surface area (Å²) in [5, 5.41) is 5.06. The van der Waals surface area contributed by atoms with Gasteiger partial charge in [-0.25, -0.2) is 0 Å². The Labute approximate surface area is 178 Å². The van der Waals surface area contributed by atoms with E-state index in [1.807, 2.05) is 41.9 Å². The Hall–Kier alpha value is -1.17. The second kappa shape index (κ2) is 10.0. The predicted octanol–water partition coefficient (Wildman–Crippen LogP) is 5.10. The fraction of sp³-hybridized carbons (Fsp3) is 0.591. The van der Waals surface area contributed by atoms with Gasteiger partial charge in [0.25, 0.3) is 5.91 Å². The SMILES string of the molecule is CNCC1CCN(C(=O)c2oc3ccccc3c2CSC2CCCCC2)C1.Cl. The lowest BCUT2D eigenvalue weighted by molar-refractivity contribution is 0.0757. The first kappa shape index (κ1) is 21.5. The predicted molar refractivity (Wildman–Crippen MR) is 120 cm³/mol. The number of thioether (sulfide) groups is 1. The van der Waals surface area contributed by atoms with Crippen LogP contribution in [0.3, 0.4) is 0 Å². The van der Waals surface area contributed by atoms with Gasteiger partial charge in [0.1, 0.15) is 5.58 Å². The number of carbonyl (C=O) groups is 1. The van der Waals surface area contributed by atoms with Crippen LogP contribution in [-0.4, -0.2) is 42.7 Å². The highest BCUT2D eigenvalue weighted by molar-refractivity contribution is 7.99. The fourth-order valence-electron chi connectivity index (χ4n) is 4.46. The van der Waals surface area contributed by atoms with E-state index in [4.69, 9.17) is 4.42 Å². The first-order valence-corrected chi connectivity index (χ1v) is 11.4. The summed E-state index contributed by atoms with van der Waals surface area (Å²) in [5.74, 6) is 2.06. The van der Waals surface area contributed by atoms with Crippen LogP contribution < -0.4 is 5.32 Å². The van der Waals surface area contributed by atoms with E-state index in [9.17, 15) is 4.79 Å². The maximum atomic E-state index is 13.2. The molecule has 2 aromatic rings. The summed E-state index contributed by atoms with van der Waals surface area (Å²) in [6.45, 7) is 2.62. The number of amides is 1. The summed E-state index contributed by atoms with van der Waals surface area (Å²) in [4.78, 5) is 15.2. The van der Waals surface area contributed by atoms with Gasteiger partial charge in [-0.05, 0) is 44.8 Å². The molecular formula is C22H31ClN2O2S. The van der Waals surface area contributed by atoms with Crippen molar-refractivity contribution in [1.29, 1.82) is 0 Å². The number of nitrogens with one attached hydrogen (secondary N) is 1. The Kier molecular flexibility index (Phi) is 7.72. The Balaban J connectivity index is 0.00000225. The van der Waals surface area contributed by atoms with Crippen LogP contribution in [0, 0.1) is 5.92 Å². The zero-order chi connectivity index (χ0) is 18.6. The van der Waals surface area contributed by atoms with E-state index in [-0.39, 0.29) is 18.3 Å². The van der Waals surface area contributed by atoms with Crippen molar-refractivity contribution in [3.8, 4) is 0 Å². The minimum Gasteiger partial charge on any atom is -0.451 e. The van der Waals surface area contributed by atoms with Crippen molar-refractivity contribution < 1.29 is 9.21 Å². The van der Waals surface area contributed by atoms with Crippen LogP contribution in [0.2, 0.25) is 0 Å². The van der Waals surface area contributed by atoms with E-state index in [1.54, 1.807) is 0 Å². The molecule has 1 aliphatic carbocycles. The van der Waals surface area contributed by atoms with Crippen LogP contribution in [0.15, 0.2) is 28.7 Å². The number of hydrogen-bond acceptors (Lipinski definition) is 4. The lowest BCUT2D eigenvalue weighted by Crippen LogP contribution is -2.30. The third-order valence-electron chi connectivity index (χ3n) is 5.97. The number of nitrogens with zero attached hydrogens (tertiary/aromatic N) is 1. The average molecular weight is 423 g/mol. The second-order valence-electron chi connectivity index (χ2n) is 7.94. The van der Waals surface area contributed by atoms with Crippen LogP contribution in [0.4, 0.5) is 0 Å². The van der Waals surface area contributed by atoms with E-state index < -0.39 is 0 Å². The monoisotopic (exact) mass is 422 g/mol. The second-order valence-corrected chi connectivity index (χ2v) is 9.23. The van der Waals surface area contributed by atoms with E-state index in [1.165, 1.54) is 32.1 Å². The molecule has 0 bridgehead atoms. The van der Waals surface area contributed by atoms with Crippen LogP contribution in [-0.2, 0) is 5.75 Å². The number of likely N-dealkylation sites (tertiary alicyclic amines) is 1. The molecule has 1 aromatic carbocycles. The Morgan fingerprint density at radius 3 is 2.79 bits per heavy atom. The van der Waals surface area contributed by atoms with Gasteiger partial charge in [-0.15, -0.1) is 12.4 Å². The van der Waals surface area contributed by atoms with Gasteiger partial charge in [-0.3, -0.25) is 4.79 Å². The highest BCUT2D eigenvalue weighted by atomic mass is 35.5. The van der Waals surface area contributed by atoms with Crippen LogP contribution in [0.1, 0.15) is 54.6 Å². The molecule has 1 amide bonds. The summed E-state index contributed by atoms with van der Waals surface area (Å²) < 4.78 is 6.09. The van der Waals surface area contributed by atoms with E-state index in [0.717, 1.165) is 53.6 Å². The average Bonchev–Trinajstić information content (AvgIpc) is 3.32. The number of carbonyl (C=O) groups excluding carboxylic acids is 1. The van der Waals surface area contributed by atoms with Crippen molar-refractivity contribution in [2.45, 2.75) is 49.5 Å². The van der Waals surface area contributed by atoms with E-state index in [2.05, 4.69) is 11.4 Å². The molecule has 2 aliphatic rings. The number of furan rings is 1. The van der Waals surface area contributed by atoms with Crippen LogP contribution in [0.25, 0.3) is 11.0 Å². The summed E-state index contributed by atoms with van der Waals surface area (Å²) in [5.41, 5.74) is 1.94. The Bertz CT molecular complexity index is 788. The molecule has 0 radical (unpaired) electrons. The molecule has 1 aliphatic heterocycles. The molecular weight excluding hydrogens is 392 g/mol. The number of benzene rings is 1. The maximum Gasteiger partial charge on any atom is 0.289 e. The van der Waals surface area contributed by atoms with E-state index >= 15 is 0 Å². The number of rotatable bonds is 6. The van der Waals surface area contributed by atoms with Gasteiger partial charge in [-0.1, -0.05) is 37.5 Å². The molecule has 2 heterocycles. The van der Waals surface area contributed by atoms with E-state index in [0.29, 0.717) is 11.7 Å². The van der Waals surface area contributed by atoms with Crippen molar-refractivity contribution in [2.75, 3.05) is 26.7 Å². The molecule has 4 rings (SSSR count). The Morgan fingerprint density at radius 2 is 2.00 bits per heavy atom. The van der Waals surface area contributed by atoms with Gasteiger partial charge in [0.05, 0.1) is 0 Å². The van der Waals surface area contributed by atoms with Crippen molar-refractivity contribution in [2.24, 2.45) is 5.92 Å². The summed E-state index contributed by atoms with van der Waals surface area (Å²) in [6.07, 6.45) is 7.74. The minimum atomic E-state index is 0. The number of fused-ring (bicyclic) bond motifs is 1. The third-order valence-corrected chi connectivity index (χ3v) is 7.37. The number of halogens is 1. The largest absolute Gasteiger partial charge is 0.451 e. The molecule has 1 saturated carbocycles. The van der Waals surface area contributed by atoms with Gasteiger partial charge in [-0.2, -0.15) is 11.8 Å². The molecule has 1 aromatic heterocycles. The molecule has 2 fully saturated rings. The first-order valence-electron chi connectivity index (χ1n) is 10.3. The normalized spacial score (nSPS) is 20.5. The molecule has 4 nitrogen and oxygen atoms in total. The number of para-hydroxylation sites is 1. The quantitative estimate of drug-likeness (QED) is 0.703. The summed E-state index contributed by atoms with van der Waals surface area (Å²) in [6, 6.07) is 8.10. The van der Waals surface area contributed by atoms with Crippen molar-refractivity contribution >= 4 is 41.0 Å².